The van der Waals surface area contributed by atoms with Gasteiger partial charge in [0, 0.05) is 5.56 Å². The third-order valence-electron chi connectivity index (χ3n) is 3.28. The van der Waals surface area contributed by atoms with Gasteiger partial charge in [-0.25, -0.2) is 0 Å². The third-order valence-corrected chi connectivity index (χ3v) is 3.28. The minimum Gasteiger partial charge on any atom is -0.493 e. The number of ketones is 1. The molecule has 0 heterocycles. The fourth-order valence-electron chi connectivity index (χ4n) is 2.08. The normalized spacial score (nSPS) is 10.3. The minimum absolute atomic E-state index is 0.0188. The van der Waals surface area contributed by atoms with Crippen LogP contribution in [0.25, 0.3) is 0 Å². The maximum absolute atomic E-state index is 12.6. The van der Waals surface area contributed by atoms with Gasteiger partial charge < -0.3 is 4.74 Å². The van der Waals surface area contributed by atoms with Crippen LogP contribution >= 0.6 is 0 Å². The van der Waals surface area contributed by atoms with Crippen LogP contribution < -0.4 is 4.74 Å². The second-order valence-corrected chi connectivity index (χ2v) is 4.51. The van der Waals surface area contributed by atoms with Crippen LogP contribution in [-0.2, 0) is 0 Å². The predicted octanol–water partition coefficient (Wildman–Crippen LogP) is 3.93. The average Bonchev–Trinajstić information content (AvgIpc) is 2.42. The lowest BCUT2D eigenvalue weighted by Crippen LogP contribution is -2.07. The van der Waals surface area contributed by atoms with E-state index in [1.54, 1.807) is 0 Å². The summed E-state index contributed by atoms with van der Waals surface area (Å²) in [6, 6.07) is 13.2. The lowest BCUT2D eigenvalue weighted by Gasteiger charge is -2.11. The van der Waals surface area contributed by atoms with Crippen LogP contribution in [-0.4, -0.2) is 12.4 Å². The van der Waals surface area contributed by atoms with E-state index in [2.05, 4.69) is 0 Å². The van der Waals surface area contributed by atoms with Crippen LogP contribution in [0.1, 0.15) is 34.0 Å². The predicted molar refractivity (Wildman–Crippen MR) is 77.0 cm³/mol. The highest BCUT2D eigenvalue weighted by Crippen LogP contribution is 2.24. The molecule has 0 saturated heterocycles. The number of para-hydroxylation sites is 1. The van der Waals surface area contributed by atoms with E-state index in [1.165, 1.54) is 0 Å². The maximum Gasteiger partial charge on any atom is 0.197 e. The summed E-state index contributed by atoms with van der Waals surface area (Å²) in [4.78, 5) is 12.6. The van der Waals surface area contributed by atoms with E-state index >= 15 is 0 Å². The number of benzene rings is 2. The molecule has 2 aromatic carbocycles. The quantitative estimate of drug-likeness (QED) is 0.773. The number of carbonyl (C=O) groups is 1. The van der Waals surface area contributed by atoms with E-state index in [9.17, 15) is 4.79 Å². The standard InChI is InChI=1S/C17H18O2/c1-4-19-16-11-6-5-9-15(16)17(18)14-10-7-8-12(2)13(14)3/h5-11H,4H2,1-3H3. The Hall–Kier alpha value is -2.09. The first-order chi connectivity index (χ1) is 9.15. The van der Waals surface area contributed by atoms with Crippen molar-refractivity contribution in [3.05, 3.63) is 64.7 Å². The molecule has 0 aliphatic rings. The van der Waals surface area contributed by atoms with Crippen LogP contribution in [0.2, 0.25) is 0 Å². The number of aryl methyl sites for hydroxylation is 1. The molecule has 0 unspecified atom stereocenters. The van der Waals surface area contributed by atoms with Crippen LogP contribution in [0.5, 0.6) is 5.75 Å². The number of rotatable bonds is 4. The topological polar surface area (TPSA) is 26.3 Å². The van der Waals surface area contributed by atoms with Crippen LogP contribution in [0.3, 0.4) is 0 Å². The van der Waals surface area contributed by atoms with Crippen molar-refractivity contribution in [2.45, 2.75) is 20.8 Å². The van der Waals surface area contributed by atoms with Gasteiger partial charge in [0.2, 0.25) is 0 Å². The lowest BCUT2D eigenvalue weighted by molar-refractivity contribution is 0.103. The Kier molecular flexibility index (Phi) is 4.00. The Morgan fingerprint density at radius 1 is 1.00 bits per heavy atom. The van der Waals surface area contributed by atoms with Crippen LogP contribution in [0.4, 0.5) is 0 Å². The van der Waals surface area contributed by atoms with Gasteiger partial charge in [-0.3, -0.25) is 4.79 Å². The largest absolute Gasteiger partial charge is 0.493 e. The summed E-state index contributed by atoms with van der Waals surface area (Å²) in [6.07, 6.45) is 0. The molecule has 0 saturated carbocycles. The molecule has 0 amide bonds. The molecule has 19 heavy (non-hydrogen) atoms. The molecule has 2 heteroatoms. The van der Waals surface area contributed by atoms with E-state index in [0.717, 1.165) is 16.7 Å². The molecular formula is C17H18O2. The van der Waals surface area contributed by atoms with Crippen molar-refractivity contribution >= 4 is 5.78 Å². The highest BCUT2D eigenvalue weighted by atomic mass is 16.5. The smallest absolute Gasteiger partial charge is 0.197 e. The van der Waals surface area contributed by atoms with Crippen molar-refractivity contribution in [3.8, 4) is 5.75 Å². The Labute approximate surface area is 114 Å². The van der Waals surface area contributed by atoms with E-state index in [4.69, 9.17) is 4.74 Å². The van der Waals surface area contributed by atoms with E-state index < -0.39 is 0 Å². The molecule has 2 rings (SSSR count). The van der Waals surface area contributed by atoms with Gasteiger partial charge in [-0.15, -0.1) is 0 Å². The van der Waals surface area contributed by atoms with Crippen molar-refractivity contribution in [3.63, 3.8) is 0 Å². The number of hydrogen-bond acceptors (Lipinski definition) is 2. The van der Waals surface area contributed by atoms with Gasteiger partial charge in [0.1, 0.15) is 5.75 Å². The van der Waals surface area contributed by atoms with Crippen molar-refractivity contribution in [1.82, 2.24) is 0 Å². The molecule has 0 bridgehead atoms. The highest BCUT2D eigenvalue weighted by Gasteiger charge is 2.16. The fraction of sp³-hybridized carbons (Fsp3) is 0.235. The summed E-state index contributed by atoms with van der Waals surface area (Å²) < 4.78 is 5.53. The SMILES string of the molecule is CCOc1ccccc1C(=O)c1cccc(C)c1C. The molecule has 2 aromatic rings. The molecule has 0 fully saturated rings. The molecule has 0 radical (unpaired) electrons. The highest BCUT2D eigenvalue weighted by molar-refractivity contribution is 6.11. The van der Waals surface area contributed by atoms with Gasteiger partial charge in [0.15, 0.2) is 5.78 Å². The van der Waals surface area contributed by atoms with E-state index in [1.807, 2.05) is 63.2 Å². The molecular weight excluding hydrogens is 236 g/mol. The first-order valence-corrected chi connectivity index (χ1v) is 6.48. The summed E-state index contributed by atoms with van der Waals surface area (Å²) in [5.41, 5.74) is 3.52. The Balaban J connectivity index is 2.47. The first-order valence-electron chi connectivity index (χ1n) is 6.48. The van der Waals surface area contributed by atoms with E-state index in [-0.39, 0.29) is 5.78 Å². The Morgan fingerprint density at radius 2 is 1.68 bits per heavy atom. The van der Waals surface area contributed by atoms with Gasteiger partial charge in [-0.2, -0.15) is 0 Å². The van der Waals surface area contributed by atoms with Crippen molar-refractivity contribution in [1.29, 1.82) is 0 Å². The van der Waals surface area contributed by atoms with Crippen LogP contribution in [0.15, 0.2) is 42.5 Å². The third kappa shape index (κ3) is 2.68. The second-order valence-electron chi connectivity index (χ2n) is 4.51. The summed E-state index contributed by atoms with van der Waals surface area (Å²) >= 11 is 0. The summed E-state index contributed by atoms with van der Waals surface area (Å²) in [7, 11) is 0. The summed E-state index contributed by atoms with van der Waals surface area (Å²) in [5.74, 6) is 0.668. The van der Waals surface area contributed by atoms with Gasteiger partial charge in [0.25, 0.3) is 0 Å². The monoisotopic (exact) mass is 254 g/mol. The van der Waals surface area contributed by atoms with Gasteiger partial charge in [-0.1, -0.05) is 30.3 Å². The van der Waals surface area contributed by atoms with Crippen molar-refractivity contribution in [2.24, 2.45) is 0 Å². The minimum atomic E-state index is 0.0188. The molecule has 2 nitrogen and oxygen atoms in total. The van der Waals surface area contributed by atoms with Gasteiger partial charge in [-0.05, 0) is 44.0 Å². The molecule has 98 valence electrons. The van der Waals surface area contributed by atoms with Crippen molar-refractivity contribution in [2.75, 3.05) is 6.61 Å². The summed E-state index contributed by atoms with van der Waals surface area (Å²) in [5, 5.41) is 0. The van der Waals surface area contributed by atoms with Gasteiger partial charge in [0.05, 0.1) is 12.2 Å². The maximum atomic E-state index is 12.6. The molecule has 0 N–H and O–H groups in total. The van der Waals surface area contributed by atoms with Crippen molar-refractivity contribution < 1.29 is 9.53 Å². The zero-order chi connectivity index (χ0) is 13.8. The van der Waals surface area contributed by atoms with Gasteiger partial charge >= 0.3 is 0 Å². The molecule has 0 spiro atoms. The summed E-state index contributed by atoms with van der Waals surface area (Å²) in [6.45, 7) is 6.46. The van der Waals surface area contributed by atoms with Crippen LogP contribution in [0, 0.1) is 13.8 Å². The number of carbonyl (C=O) groups excluding carboxylic acids is 1. The average molecular weight is 254 g/mol. The zero-order valence-electron chi connectivity index (χ0n) is 11.6. The second kappa shape index (κ2) is 5.70. The molecule has 0 aliphatic carbocycles. The lowest BCUT2D eigenvalue weighted by atomic mass is 9.96. The van der Waals surface area contributed by atoms with E-state index in [0.29, 0.717) is 17.9 Å². The number of ether oxygens (including phenoxy) is 1. The molecule has 0 atom stereocenters. The fourth-order valence-corrected chi connectivity index (χ4v) is 2.08. The first kappa shape index (κ1) is 13.3. The zero-order valence-corrected chi connectivity index (χ0v) is 11.6. The Morgan fingerprint density at radius 3 is 2.42 bits per heavy atom. The molecule has 0 aromatic heterocycles. The number of hydrogen-bond donors (Lipinski definition) is 0. The Bertz CT molecular complexity index is 600. The molecule has 0 aliphatic heterocycles.